The summed E-state index contributed by atoms with van der Waals surface area (Å²) in [6.45, 7) is 14.5. The Hall–Kier alpha value is -3.83. The summed E-state index contributed by atoms with van der Waals surface area (Å²) < 4.78 is 6.74. The van der Waals surface area contributed by atoms with Gasteiger partial charge in [-0.15, -0.1) is 5.10 Å². The van der Waals surface area contributed by atoms with Gasteiger partial charge in [-0.1, -0.05) is 4.98 Å². The number of nitrogens with one attached hydrogen (secondary N) is 1. The van der Waals surface area contributed by atoms with Crippen molar-refractivity contribution in [3.05, 3.63) is 30.8 Å². The number of hydrogen-bond acceptors (Lipinski definition) is 8. The molecule has 0 saturated heterocycles. The fourth-order valence-corrected chi connectivity index (χ4v) is 3.66. The molecule has 5 rings (SSSR count). The molecule has 2 N–H and O–H groups in total. The van der Waals surface area contributed by atoms with Gasteiger partial charge in [0.25, 0.3) is 0 Å². The summed E-state index contributed by atoms with van der Waals surface area (Å²) in [6.07, 6.45) is 6.48. The Kier molecular flexibility index (Phi) is 4.99. The molecule has 0 unspecified atom stereocenters. The molecule has 4 aromatic rings. The largest absolute Gasteiger partial charge is 0.425 e. The van der Waals surface area contributed by atoms with Crippen LogP contribution in [0.3, 0.4) is 0 Å². The SMILES string of the molecule is CC(C)(C)n1cnc2c(=N)n(O)cnc21.CC1=NN(C)c2ncnc3c2n1c[n+]3C(C)(C)C. The summed E-state index contributed by atoms with van der Waals surface area (Å²) in [5, 5.41) is 23.1. The van der Waals surface area contributed by atoms with Crippen molar-refractivity contribution < 1.29 is 9.77 Å². The average molecular weight is 453 g/mol. The van der Waals surface area contributed by atoms with Crippen LogP contribution < -0.4 is 15.1 Å². The molecule has 0 atom stereocenters. The third kappa shape index (κ3) is 3.70. The summed E-state index contributed by atoms with van der Waals surface area (Å²) >= 11 is 0. The minimum atomic E-state index is -0.143. The first-order valence-electron chi connectivity index (χ1n) is 10.6. The van der Waals surface area contributed by atoms with Gasteiger partial charge in [-0.25, -0.2) is 24.1 Å². The maximum atomic E-state index is 9.25. The number of nitrogens with zero attached hydrogens (tertiary/aromatic N) is 10. The van der Waals surface area contributed by atoms with E-state index in [0.717, 1.165) is 22.8 Å². The van der Waals surface area contributed by atoms with Crippen LogP contribution in [-0.4, -0.2) is 51.9 Å². The molecule has 12 nitrogen and oxygen atoms in total. The summed E-state index contributed by atoms with van der Waals surface area (Å²) in [5.74, 6) is 1.77. The minimum absolute atomic E-state index is 0.0294. The Morgan fingerprint density at radius 1 is 1.00 bits per heavy atom. The number of fused-ring (bicyclic) bond motifs is 1. The van der Waals surface area contributed by atoms with Crippen LogP contribution in [0.4, 0.5) is 5.82 Å². The van der Waals surface area contributed by atoms with Gasteiger partial charge in [-0.05, 0) is 41.5 Å². The van der Waals surface area contributed by atoms with Gasteiger partial charge in [0.1, 0.15) is 6.33 Å². The van der Waals surface area contributed by atoms with Gasteiger partial charge >= 0.3 is 5.65 Å². The molecule has 5 heterocycles. The van der Waals surface area contributed by atoms with Crippen LogP contribution in [0.5, 0.6) is 0 Å². The monoisotopic (exact) mass is 452 g/mol. The predicted octanol–water partition coefficient (Wildman–Crippen LogP) is 1.81. The highest BCUT2D eigenvalue weighted by Gasteiger charge is 2.32. The van der Waals surface area contributed by atoms with E-state index in [9.17, 15) is 5.21 Å². The van der Waals surface area contributed by atoms with E-state index in [1.807, 2.05) is 39.3 Å². The second kappa shape index (κ2) is 7.36. The molecule has 0 amide bonds. The fourth-order valence-electron chi connectivity index (χ4n) is 3.66. The van der Waals surface area contributed by atoms with Gasteiger partial charge in [0.05, 0.1) is 11.9 Å². The van der Waals surface area contributed by atoms with Crippen LogP contribution in [0.15, 0.2) is 30.4 Å². The van der Waals surface area contributed by atoms with Gasteiger partial charge in [-0.2, -0.15) is 9.71 Å². The van der Waals surface area contributed by atoms with Crippen molar-refractivity contribution in [3.63, 3.8) is 0 Å². The molecule has 4 aromatic heterocycles. The average Bonchev–Trinajstić information content (AvgIpc) is 3.32. The minimum Gasteiger partial charge on any atom is -0.425 e. The highest BCUT2D eigenvalue weighted by atomic mass is 16.5. The first kappa shape index (κ1) is 22.4. The predicted molar refractivity (Wildman–Crippen MR) is 123 cm³/mol. The smallest absolute Gasteiger partial charge is 0.308 e. The molecule has 0 aliphatic carbocycles. The standard InChI is InChI=1S/C12H17N6.C9H13N5O/c1-8-15-16(5)10-9-11(14-6-13-10)18(7-17(8)9)12(2,3)4;1-9(2,3)13-4-11-6-7(10)14(15)5-12-8(6)13/h6-7H,1-5H3;4-5,10,15H,1-3H3/q+1;. The van der Waals surface area contributed by atoms with E-state index in [-0.39, 0.29) is 16.6 Å². The Morgan fingerprint density at radius 2 is 1.70 bits per heavy atom. The lowest BCUT2D eigenvalue weighted by molar-refractivity contribution is -0.732. The highest BCUT2D eigenvalue weighted by molar-refractivity contribution is 5.97. The Morgan fingerprint density at radius 3 is 2.33 bits per heavy atom. The zero-order valence-electron chi connectivity index (χ0n) is 20.2. The van der Waals surface area contributed by atoms with Gasteiger partial charge in [0.15, 0.2) is 41.0 Å². The third-order valence-electron chi connectivity index (χ3n) is 5.36. The Bertz CT molecular complexity index is 1440. The molecule has 0 saturated carbocycles. The molecule has 0 spiro atoms. The number of aromatic nitrogens is 8. The Labute approximate surface area is 191 Å². The molecule has 1 aliphatic heterocycles. The molecule has 0 aromatic carbocycles. The van der Waals surface area contributed by atoms with Crippen molar-refractivity contribution in [2.24, 2.45) is 5.10 Å². The van der Waals surface area contributed by atoms with E-state index in [1.165, 1.54) is 6.33 Å². The third-order valence-corrected chi connectivity index (χ3v) is 5.36. The number of anilines is 1. The fraction of sp³-hybridized carbons (Fsp3) is 0.476. The lowest BCUT2D eigenvalue weighted by Gasteiger charge is -2.20. The lowest BCUT2D eigenvalue weighted by Crippen LogP contribution is -2.49. The first-order valence-corrected chi connectivity index (χ1v) is 10.6. The van der Waals surface area contributed by atoms with Crippen LogP contribution >= 0.6 is 0 Å². The Balaban J connectivity index is 0.000000160. The zero-order chi connectivity index (χ0) is 24.3. The van der Waals surface area contributed by atoms with E-state index in [0.29, 0.717) is 15.9 Å². The second-order valence-electron chi connectivity index (χ2n) is 9.96. The van der Waals surface area contributed by atoms with E-state index in [1.54, 1.807) is 17.7 Å². The maximum Gasteiger partial charge on any atom is 0.308 e. The van der Waals surface area contributed by atoms with E-state index >= 15 is 0 Å². The van der Waals surface area contributed by atoms with Crippen LogP contribution in [0.2, 0.25) is 0 Å². The van der Waals surface area contributed by atoms with Crippen LogP contribution in [0.25, 0.3) is 22.3 Å². The summed E-state index contributed by atoms with van der Waals surface area (Å²) in [6, 6.07) is 0. The van der Waals surface area contributed by atoms with Gasteiger partial charge < -0.3 is 9.77 Å². The maximum absolute atomic E-state index is 9.25. The van der Waals surface area contributed by atoms with Crippen molar-refractivity contribution in [1.82, 2.24) is 33.8 Å². The van der Waals surface area contributed by atoms with Crippen molar-refractivity contribution in [1.29, 1.82) is 5.41 Å². The zero-order valence-corrected chi connectivity index (χ0v) is 20.2. The summed E-state index contributed by atoms with van der Waals surface area (Å²) in [4.78, 5) is 16.9. The van der Waals surface area contributed by atoms with Crippen molar-refractivity contribution >= 4 is 34.0 Å². The van der Waals surface area contributed by atoms with E-state index < -0.39 is 0 Å². The van der Waals surface area contributed by atoms with Gasteiger partial charge in [0, 0.05) is 19.5 Å². The van der Waals surface area contributed by atoms with Gasteiger partial charge in [-0.3, -0.25) is 5.41 Å². The molecule has 174 valence electrons. The number of hydrogen-bond donors (Lipinski definition) is 2. The quantitative estimate of drug-likeness (QED) is 0.309. The molecule has 0 bridgehead atoms. The van der Waals surface area contributed by atoms with Crippen molar-refractivity contribution in [2.45, 2.75) is 59.5 Å². The molecular formula is C21H30N11O+. The van der Waals surface area contributed by atoms with Crippen molar-refractivity contribution in [2.75, 3.05) is 12.1 Å². The second-order valence-corrected chi connectivity index (χ2v) is 9.96. The molecular weight excluding hydrogens is 422 g/mol. The molecule has 0 radical (unpaired) electrons. The van der Waals surface area contributed by atoms with Crippen molar-refractivity contribution in [3.8, 4) is 0 Å². The topological polar surface area (TPSA) is 130 Å². The molecule has 0 fully saturated rings. The van der Waals surface area contributed by atoms with Crippen LogP contribution in [0.1, 0.15) is 48.5 Å². The molecule has 12 heteroatoms. The lowest BCUT2D eigenvalue weighted by atomic mass is 10.1. The number of imidazole rings is 2. The van der Waals surface area contributed by atoms with Crippen LogP contribution in [-0.2, 0) is 11.1 Å². The van der Waals surface area contributed by atoms with E-state index in [2.05, 4.69) is 61.3 Å². The van der Waals surface area contributed by atoms with Crippen LogP contribution in [0, 0.1) is 5.41 Å². The first-order chi connectivity index (χ1) is 15.3. The number of hydrazone groups is 1. The van der Waals surface area contributed by atoms with E-state index in [4.69, 9.17) is 5.41 Å². The summed E-state index contributed by atoms with van der Waals surface area (Å²) in [7, 11) is 1.91. The number of rotatable bonds is 0. The van der Waals surface area contributed by atoms with Gasteiger partial charge in [0.2, 0.25) is 5.52 Å². The molecule has 33 heavy (non-hydrogen) atoms. The normalized spacial score (nSPS) is 13.8. The summed E-state index contributed by atoms with van der Waals surface area (Å²) in [5.41, 5.74) is 2.74. The highest BCUT2D eigenvalue weighted by Crippen LogP contribution is 2.25. The molecule has 1 aliphatic rings.